The number of methoxy groups -OCH3 is 2. The number of para-hydroxylation sites is 1. The highest BCUT2D eigenvalue weighted by molar-refractivity contribution is 5.84. The molecular formula is C26H29N5O4. The number of hydrogen-bond acceptors (Lipinski definition) is 6. The van der Waals surface area contributed by atoms with Gasteiger partial charge in [-0.05, 0) is 44.5 Å². The molecule has 0 spiro atoms. The van der Waals surface area contributed by atoms with Gasteiger partial charge in [0.15, 0.2) is 5.52 Å². The summed E-state index contributed by atoms with van der Waals surface area (Å²) in [6, 6.07) is 14.2. The minimum absolute atomic E-state index is 0.236. The molecule has 0 aliphatic rings. The lowest BCUT2D eigenvalue weighted by atomic mass is 10.1. The Kier molecular flexibility index (Phi) is 6.86. The molecule has 0 radical (unpaired) electrons. The van der Waals surface area contributed by atoms with Gasteiger partial charge in [-0.15, -0.1) is 0 Å². The molecule has 182 valence electrons. The Balaban J connectivity index is 1.66. The second-order valence-electron chi connectivity index (χ2n) is 8.21. The van der Waals surface area contributed by atoms with E-state index < -0.39 is 11.6 Å². The number of benzene rings is 2. The summed E-state index contributed by atoms with van der Waals surface area (Å²) < 4.78 is 13.6. The van der Waals surface area contributed by atoms with Crippen LogP contribution in [0.25, 0.3) is 16.6 Å². The third-order valence-electron chi connectivity index (χ3n) is 6.08. The highest BCUT2D eigenvalue weighted by atomic mass is 16.5. The molecule has 0 unspecified atom stereocenters. The fraction of sp³-hybridized carbons (Fsp3) is 0.308. The predicted octanol–water partition coefficient (Wildman–Crippen LogP) is 3.48. The van der Waals surface area contributed by atoms with Crippen LogP contribution in [0.4, 0.5) is 0 Å². The molecule has 2 aromatic carbocycles. The average molecular weight is 476 g/mol. The molecule has 9 nitrogen and oxygen atoms in total. The summed E-state index contributed by atoms with van der Waals surface area (Å²) in [5.74, 6) is 0.957. The number of aromatic nitrogens is 4. The molecule has 0 fully saturated rings. The molecule has 9 heteroatoms. The Morgan fingerprint density at radius 1 is 1.06 bits per heavy atom. The molecule has 4 rings (SSSR count). The van der Waals surface area contributed by atoms with Crippen LogP contribution in [0.5, 0.6) is 11.5 Å². The fourth-order valence-corrected chi connectivity index (χ4v) is 4.25. The quantitative estimate of drug-likeness (QED) is 0.419. The van der Waals surface area contributed by atoms with E-state index in [1.54, 1.807) is 31.0 Å². The maximum Gasteiger partial charge on any atom is 0.295 e. The molecule has 0 saturated heterocycles. The molecule has 35 heavy (non-hydrogen) atoms. The number of amides is 1. The van der Waals surface area contributed by atoms with Crippen LogP contribution in [0.1, 0.15) is 36.3 Å². The van der Waals surface area contributed by atoms with Gasteiger partial charge in [0.25, 0.3) is 5.56 Å². The third kappa shape index (κ3) is 4.49. The molecule has 2 aromatic heterocycles. The van der Waals surface area contributed by atoms with Crippen LogP contribution in [-0.2, 0) is 11.3 Å². The van der Waals surface area contributed by atoms with Gasteiger partial charge >= 0.3 is 0 Å². The number of rotatable bonds is 8. The Morgan fingerprint density at radius 2 is 1.80 bits per heavy atom. The van der Waals surface area contributed by atoms with Gasteiger partial charge in [-0.3, -0.25) is 9.59 Å². The van der Waals surface area contributed by atoms with Crippen molar-refractivity contribution < 1.29 is 14.3 Å². The summed E-state index contributed by atoms with van der Waals surface area (Å²) in [6.45, 7) is 5.82. The first-order valence-corrected chi connectivity index (χ1v) is 11.4. The molecule has 4 aromatic rings. The summed E-state index contributed by atoms with van der Waals surface area (Å²) in [5, 5.41) is 12.7. The number of carbonyl (C=O) groups is 1. The van der Waals surface area contributed by atoms with Crippen molar-refractivity contribution in [2.45, 2.75) is 39.8 Å². The average Bonchev–Trinajstić information content (AvgIpc) is 3.24. The number of hydrogen-bond donors (Lipinski definition) is 1. The van der Waals surface area contributed by atoms with Crippen molar-refractivity contribution in [1.82, 2.24) is 24.9 Å². The van der Waals surface area contributed by atoms with Crippen molar-refractivity contribution in [3.05, 3.63) is 75.8 Å². The van der Waals surface area contributed by atoms with E-state index in [0.29, 0.717) is 34.5 Å². The molecule has 2 heterocycles. The first-order chi connectivity index (χ1) is 16.9. The van der Waals surface area contributed by atoms with Crippen LogP contribution in [0.3, 0.4) is 0 Å². The number of nitrogens with one attached hydrogen (secondary N) is 1. The lowest BCUT2D eigenvalue weighted by molar-refractivity contribution is -0.125. The summed E-state index contributed by atoms with van der Waals surface area (Å²) in [7, 11) is 3.14. The molecular weight excluding hydrogens is 446 g/mol. The number of aryl methyl sites for hydroxylation is 2. The fourth-order valence-electron chi connectivity index (χ4n) is 4.25. The van der Waals surface area contributed by atoms with E-state index in [0.717, 1.165) is 16.9 Å². The van der Waals surface area contributed by atoms with Gasteiger partial charge in [0.05, 0.1) is 36.7 Å². The smallest absolute Gasteiger partial charge is 0.295 e. The Labute approximate surface area is 203 Å². The van der Waals surface area contributed by atoms with Crippen molar-refractivity contribution in [1.29, 1.82) is 0 Å². The van der Waals surface area contributed by atoms with Crippen LogP contribution in [-0.4, -0.2) is 39.7 Å². The Bertz CT molecular complexity index is 1430. The van der Waals surface area contributed by atoms with Gasteiger partial charge in [0, 0.05) is 18.2 Å². The molecule has 1 N–H and O–H groups in total. The number of nitrogens with zero attached hydrogens (tertiary/aromatic N) is 4. The molecule has 0 bridgehead atoms. The van der Waals surface area contributed by atoms with Crippen LogP contribution >= 0.6 is 0 Å². The van der Waals surface area contributed by atoms with Crippen molar-refractivity contribution in [3.8, 4) is 17.2 Å². The van der Waals surface area contributed by atoms with E-state index in [4.69, 9.17) is 9.47 Å². The van der Waals surface area contributed by atoms with Crippen LogP contribution in [0.2, 0.25) is 0 Å². The van der Waals surface area contributed by atoms with Gasteiger partial charge in [0.1, 0.15) is 17.5 Å². The summed E-state index contributed by atoms with van der Waals surface area (Å²) in [6.07, 6.45) is 0.391. The largest absolute Gasteiger partial charge is 0.497 e. The second kappa shape index (κ2) is 10.0. The van der Waals surface area contributed by atoms with E-state index in [1.807, 2.05) is 57.2 Å². The first-order valence-electron chi connectivity index (χ1n) is 11.4. The summed E-state index contributed by atoms with van der Waals surface area (Å²) in [4.78, 5) is 26.6. The van der Waals surface area contributed by atoms with Gasteiger partial charge in [-0.25, -0.2) is 9.36 Å². The lowest BCUT2D eigenvalue weighted by Gasteiger charge is -2.18. The summed E-state index contributed by atoms with van der Waals surface area (Å²) in [5.41, 5.74) is 3.01. The normalized spacial score (nSPS) is 11.9. The van der Waals surface area contributed by atoms with E-state index >= 15 is 0 Å². The van der Waals surface area contributed by atoms with Gasteiger partial charge in [0.2, 0.25) is 5.91 Å². The van der Waals surface area contributed by atoms with Crippen LogP contribution in [0, 0.1) is 13.8 Å². The minimum Gasteiger partial charge on any atom is -0.497 e. The summed E-state index contributed by atoms with van der Waals surface area (Å²) >= 11 is 0. The zero-order valence-corrected chi connectivity index (χ0v) is 20.5. The molecule has 0 saturated carbocycles. The molecule has 0 aliphatic heterocycles. The molecule has 1 atom stereocenters. The molecule has 0 aliphatic carbocycles. The van der Waals surface area contributed by atoms with Crippen molar-refractivity contribution >= 4 is 16.8 Å². The van der Waals surface area contributed by atoms with Gasteiger partial charge < -0.3 is 14.8 Å². The zero-order chi connectivity index (χ0) is 25.1. The topological polar surface area (TPSA) is 100 Å². The number of fused-ring (bicyclic) bond motifs is 1. The predicted molar refractivity (Wildman–Crippen MR) is 133 cm³/mol. The number of ether oxygens (including phenoxy) is 2. The van der Waals surface area contributed by atoms with Crippen molar-refractivity contribution in [3.63, 3.8) is 0 Å². The highest BCUT2D eigenvalue weighted by Crippen LogP contribution is 2.25. The van der Waals surface area contributed by atoms with Crippen LogP contribution < -0.4 is 20.3 Å². The second-order valence-corrected chi connectivity index (χ2v) is 8.21. The SMILES string of the molecule is CC[C@H](C(=O)NCc1ccc(OC)cc1OC)n1nc(C)c2c(C)n(-c3ccccc3)nc2c1=O. The zero-order valence-electron chi connectivity index (χ0n) is 20.5. The monoisotopic (exact) mass is 475 g/mol. The van der Waals surface area contributed by atoms with Gasteiger partial charge in [-0.1, -0.05) is 25.1 Å². The standard InChI is InChI=1S/C26H29N5O4/c1-6-21(25(32)27-15-18-12-13-20(34-4)14-22(18)35-5)31-26(33)24-23(16(2)28-31)17(3)30(29-24)19-10-8-7-9-11-19/h7-14,21H,6,15H2,1-5H3,(H,27,32)/t21-/m1/s1. The Hall–Kier alpha value is -4.14. The maximum atomic E-state index is 13.4. The highest BCUT2D eigenvalue weighted by Gasteiger charge is 2.25. The third-order valence-corrected chi connectivity index (χ3v) is 6.08. The Morgan fingerprint density at radius 3 is 2.46 bits per heavy atom. The van der Waals surface area contributed by atoms with Crippen LogP contribution in [0.15, 0.2) is 53.3 Å². The van der Waals surface area contributed by atoms with Crippen molar-refractivity contribution in [2.75, 3.05) is 14.2 Å². The molecule has 1 amide bonds. The minimum atomic E-state index is -0.781. The van der Waals surface area contributed by atoms with E-state index in [1.165, 1.54) is 4.68 Å². The van der Waals surface area contributed by atoms with E-state index in [-0.39, 0.29) is 12.5 Å². The van der Waals surface area contributed by atoms with Gasteiger partial charge in [-0.2, -0.15) is 10.2 Å². The lowest BCUT2D eigenvalue weighted by Crippen LogP contribution is -2.38. The first kappa shape index (κ1) is 24.0. The van der Waals surface area contributed by atoms with Crippen molar-refractivity contribution in [2.24, 2.45) is 0 Å². The number of carbonyl (C=O) groups excluding carboxylic acids is 1. The van der Waals surface area contributed by atoms with E-state index in [9.17, 15) is 9.59 Å². The van der Waals surface area contributed by atoms with E-state index in [2.05, 4.69) is 15.5 Å². The maximum absolute atomic E-state index is 13.4.